The van der Waals surface area contributed by atoms with Crippen LogP contribution in [0.4, 0.5) is 11.4 Å². The Hall–Kier alpha value is -2.77. The molecule has 1 N–H and O–H groups in total. The maximum Gasteiger partial charge on any atom is 0.311 e. The number of phenolic OH excluding ortho intramolecular Hbond substituents is 1. The molecule has 0 unspecified atom stereocenters. The first-order valence-electron chi connectivity index (χ1n) is 8.44. The SMILES string of the molecule is Cc1cc(C=Nc2ccc(CN3CCOCC3)cc2)c(O)c([N+](=O)[O-])c1. The van der Waals surface area contributed by atoms with Gasteiger partial charge in [-0.25, -0.2) is 0 Å². The van der Waals surface area contributed by atoms with Crippen molar-refractivity contribution in [3.8, 4) is 5.75 Å². The highest BCUT2D eigenvalue weighted by molar-refractivity contribution is 5.87. The summed E-state index contributed by atoms with van der Waals surface area (Å²) in [5.74, 6) is -0.367. The fourth-order valence-electron chi connectivity index (χ4n) is 2.87. The normalized spacial score (nSPS) is 15.4. The second kappa shape index (κ2) is 8.07. The second-order valence-electron chi connectivity index (χ2n) is 6.29. The minimum Gasteiger partial charge on any atom is -0.502 e. The number of hydrogen-bond acceptors (Lipinski definition) is 6. The molecule has 1 fully saturated rings. The number of benzene rings is 2. The molecular formula is C19H21N3O4. The van der Waals surface area contributed by atoms with Gasteiger partial charge in [-0.05, 0) is 36.2 Å². The number of aliphatic imine (C=N–C) groups is 1. The van der Waals surface area contributed by atoms with Gasteiger partial charge < -0.3 is 9.84 Å². The molecule has 7 heteroatoms. The van der Waals surface area contributed by atoms with E-state index in [1.165, 1.54) is 17.8 Å². The Balaban J connectivity index is 1.72. The summed E-state index contributed by atoms with van der Waals surface area (Å²) in [7, 11) is 0. The molecule has 0 amide bonds. The number of aromatic hydroxyl groups is 1. The zero-order valence-electron chi connectivity index (χ0n) is 14.6. The van der Waals surface area contributed by atoms with Gasteiger partial charge in [0.15, 0.2) is 0 Å². The highest BCUT2D eigenvalue weighted by atomic mass is 16.6. The van der Waals surface area contributed by atoms with E-state index in [1.54, 1.807) is 13.0 Å². The largest absolute Gasteiger partial charge is 0.502 e. The Bertz CT molecular complexity index is 812. The van der Waals surface area contributed by atoms with Crippen molar-refractivity contribution < 1.29 is 14.8 Å². The van der Waals surface area contributed by atoms with E-state index in [2.05, 4.69) is 9.89 Å². The first kappa shape index (κ1) is 18.0. The van der Waals surface area contributed by atoms with Crippen molar-refractivity contribution >= 4 is 17.6 Å². The van der Waals surface area contributed by atoms with Gasteiger partial charge >= 0.3 is 5.69 Å². The summed E-state index contributed by atoms with van der Waals surface area (Å²) >= 11 is 0. The number of hydrogen-bond donors (Lipinski definition) is 1. The summed E-state index contributed by atoms with van der Waals surface area (Å²) in [4.78, 5) is 17.1. The minimum atomic E-state index is -0.597. The molecule has 1 saturated heterocycles. The number of aryl methyl sites for hydroxylation is 1. The van der Waals surface area contributed by atoms with Gasteiger partial charge in [0.25, 0.3) is 0 Å². The number of phenols is 1. The van der Waals surface area contributed by atoms with Crippen molar-refractivity contribution in [1.29, 1.82) is 0 Å². The summed E-state index contributed by atoms with van der Waals surface area (Å²) in [5.41, 5.74) is 2.62. The number of nitro benzene ring substituents is 1. The van der Waals surface area contributed by atoms with Gasteiger partial charge in [0.2, 0.25) is 5.75 Å². The van der Waals surface area contributed by atoms with Crippen LogP contribution in [0.15, 0.2) is 41.4 Å². The molecule has 2 aromatic carbocycles. The molecule has 1 heterocycles. The predicted octanol–water partition coefficient (Wildman–Crippen LogP) is 3.19. The van der Waals surface area contributed by atoms with Gasteiger partial charge in [0, 0.05) is 37.5 Å². The fraction of sp³-hybridized carbons (Fsp3) is 0.316. The maximum absolute atomic E-state index is 11.0. The summed E-state index contributed by atoms with van der Waals surface area (Å²) in [6, 6.07) is 10.8. The lowest BCUT2D eigenvalue weighted by molar-refractivity contribution is -0.385. The van der Waals surface area contributed by atoms with Crippen molar-refractivity contribution in [3.63, 3.8) is 0 Å². The second-order valence-corrected chi connectivity index (χ2v) is 6.29. The van der Waals surface area contributed by atoms with Gasteiger partial charge in [-0.3, -0.25) is 20.0 Å². The molecule has 3 rings (SSSR count). The van der Waals surface area contributed by atoms with E-state index in [4.69, 9.17) is 4.74 Å². The van der Waals surface area contributed by atoms with E-state index in [1.807, 2.05) is 24.3 Å². The number of rotatable bonds is 5. The van der Waals surface area contributed by atoms with Gasteiger partial charge in [-0.2, -0.15) is 0 Å². The van der Waals surface area contributed by atoms with Gasteiger partial charge in [-0.15, -0.1) is 0 Å². The summed E-state index contributed by atoms with van der Waals surface area (Å²) < 4.78 is 5.35. The van der Waals surface area contributed by atoms with Crippen LogP contribution < -0.4 is 0 Å². The van der Waals surface area contributed by atoms with Crippen molar-refractivity contribution in [3.05, 3.63) is 63.2 Å². The number of ether oxygens (including phenoxy) is 1. The third-order valence-electron chi connectivity index (χ3n) is 4.26. The Kier molecular flexibility index (Phi) is 5.60. The Labute approximate surface area is 151 Å². The standard InChI is InChI=1S/C19H21N3O4/c1-14-10-16(19(23)18(11-14)22(24)25)12-20-17-4-2-15(3-5-17)13-21-6-8-26-9-7-21/h2-5,10-12,23H,6-9,13H2,1H3. The molecule has 0 atom stereocenters. The van der Waals surface area contributed by atoms with E-state index in [0.717, 1.165) is 38.5 Å². The molecule has 1 aliphatic rings. The van der Waals surface area contributed by atoms with Crippen LogP contribution in [0.1, 0.15) is 16.7 Å². The number of morpholine rings is 1. The first-order valence-corrected chi connectivity index (χ1v) is 8.44. The van der Waals surface area contributed by atoms with E-state index in [0.29, 0.717) is 11.1 Å². The lowest BCUT2D eigenvalue weighted by atomic mass is 10.1. The lowest BCUT2D eigenvalue weighted by Crippen LogP contribution is -2.35. The van der Waals surface area contributed by atoms with Crippen LogP contribution in [0.2, 0.25) is 0 Å². The molecule has 0 bridgehead atoms. The van der Waals surface area contributed by atoms with E-state index < -0.39 is 4.92 Å². The van der Waals surface area contributed by atoms with Gasteiger partial charge in [-0.1, -0.05) is 12.1 Å². The quantitative estimate of drug-likeness (QED) is 0.505. The topological polar surface area (TPSA) is 88.2 Å². The van der Waals surface area contributed by atoms with Crippen LogP contribution in [-0.4, -0.2) is 47.4 Å². The maximum atomic E-state index is 11.0. The highest BCUT2D eigenvalue weighted by Gasteiger charge is 2.17. The molecule has 0 aliphatic carbocycles. The van der Waals surface area contributed by atoms with Gasteiger partial charge in [0.05, 0.1) is 23.8 Å². The smallest absolute Gasteiger partial charge is 0.311 e. The molecule has 0 spiro atoms. The molecule has 7 nitrogen and oxygen atoms in total. The molecule has 2 aromatic rings. The van der Waals surface area contributed by atoms with E-state index in [9.17, 15) is 15.2 Å². The summed E-state index contributed by atoms with van der Waals surface area (Å²) in [5, 5.41) is 21.0. The monoisotopic (exact) mass is 355 g/mol. The van der Waals surface area contributed by atoms with Crippen molar-refractivity contribution in [2.75, 3.05) is 26.3 Å². The average molecular weight is 355 g/mol. The van der Waals surface area contributed by atoms with Crippen molar-refractivity contribution in [2.45, 2.75) is 13.5 Å². The molecule has 1 aliphatic heterocycles. The molecule has 136 valence electrons. The van der Waals surface area contributed by atoms with Crippen molar-refractivity contribution in [2.24, 2.45) is 4.99 Å². The van der Waals surface area contributed by atoms with Crippen LogP contribution in [-0.2, 0) is 11.3 Å². The highest BCUT2D eigenvalue weighted by Crippen LogP contribution is 2.30. The van der Waals surface area contributed by atoms with E-state index in [-0.39, 0.29) is 11.4 Å². The van der Waals surface area contributed by atoms with Crippen LogP contribution in [0.5, 0.6) is 5.75 Å². The zero-order chi connectivity index (χ0) is 18.5. The molecule has 0 saturated carbocycles. The number of nitrogens with zero attached hydrogens (tertiary/aromatic N) is 3. The Morgan fingerprint density at radius 1 is 1.27 bits per heavy atom. The Morgan fingerprint density at radius 3 is 2.62 bits per heavy atom. The molecule has 26 heavy (non-hydrogen) atoms. The lowest BCUT2D eigenvalue weighted by Gasteiger charge is -2.26. The molecule has 0 radical (unpaired) electrons. The van der Waals surface area contributed by atoms with Crippen LogP contribution in [0, 0.1) is 17.0 Å². The zero-order valence-corrected chi connectivity index (χ0v) is 14.6. The van der Waals surface area contributed by atoms with Crippen molar-refractivity contribution in [1.82, 2.24) is 4.90 Å². The number of nitro groups is 1. The first-order chi connectivity index (χ1) is 12.5. The third-order valence-corrected chi connectivity index (χ3v) is 4.26. The van der Waals surface area contributed by atoms with Crippen LogP contribution >= 0.6 is 0 Å². The summed E-state index contributed by atoms with van der Waals surface area (Å²) in [6.07, 6.45) is 1.45. The van der Waals surface area contributed by atoms with E-state index >= 15 is 0 Å². The van der Waals surface area contributed by atoms with Crippen LogP contribution in [0.3, 0.4) is 0 Å². The minimum absolute atomic E-state index is 0.313. The summed E-state index contributed by atoms with van der Waals surface area (Å²) in [6.45, 7) is 6.03. The predicted molar refractivity (Wildman–Crippen MR) is 99.3 cm³/mol. The molecule has 0 aromatic heterocycles. The Morgan fingerprint density at radius 2 is 1.96 bits per heavy atom. The third kappa shape index (κ3) is 4.44. The average Bonchev–Trinajstić information content (AvgIpc) is 2.64. The fourth-order valence-corrected chi connectivity index (χ4v) is 2.87. The van der Waals surface area contributed by atoms with Gasteiger partial charge in [0.1, 0.15) is 0 Å². The van der Waals surface area contributed by atoms with Crippen LogP contribution in [0.25, 0.3) is 0 Å². The molecular weight excluding hydrogens is 334 g/mol.